The molecule has 0 radical (unpaired) electrons. The molecule has 2 aliphatic rings. The Morgan fingerprint density at radius 1 is 1.35 bits per heavy atom. The van der Waals surface area contributed by atoms with Gasteiger partial charge in [-0.3, -0.25) is 4.90 Å². The van der Waals surface area contributed by atoms with Crippen LogP contribution in [-0.2, 0) is 11.2 Å². The Labute approximate surface area is 196 Å². The van der Waals surface area contributed by atoms with Crippen LogP contribution in [0.4, 0.5) is 10.1 Å². The van der Waals surface area contributed by atoms with Gasteiger partial charge in [0.1, 0.15) is 12.0 Å². The number of alkyl halides is 1. The van der Waals surface area contributed by atoms with Gasteiger partial charge in [-0.2, -0.15) is 4.37 Å². The molecule has 31 heavy (non-hydrogen) atoms. The molecule has 2 fully saturated rings. The molecule has 1 aromatic heterocycles. The molecule has 4 rings (SSSR count). The molecule has 0 bridgehead atoms. The molecule has 0 unspecified atom stereocenters. The van der Waals surface area contributed by atoms with Gasteiger partial charge in [0.25, 0.3) is 0 Å². The Morgan fingerprint density at radius 2 is 2.13 bits per heavy atom. The average Bonchev–Trinajstić information content (AvgIpc) is 3.00. The highest BCUT2D eigenvalue weighted by Crippen LogP contribution is 2.39. The largest absolute Gasteiger partial charge is 0.378 e. The Hall–Kier alpha value is -1.38. The highest BCUT2D eigenvalue weighted by atomic mass is 35.5. The zero-order valence-corrected chi connectivity index (χ0v) is 19.9. The van der Waals surface area contributed by atoms with E-state index in [0.717, 1.165) is 33.9 Å². The zero-order valence-electron chi connectivity index (χ0n) is 17.6. The van der Waals surface area contributed by atoms with Crippen molar-refractivity contribution in [2.45, 2.75) is 44.8 Å². The zero-order chi connectivity index (χ0) is 22.1. The molecule has 0 saturated carbocycles. The Bertz CT molecular complexity index is 1010. The van der Waals surface area contributed by atoms with E-state index in [1.54, 1.807) is 0 Å². The highest BCUT2D eigenvalue weighted by Gasteiger charge is 2.36. The minimum Gasteiger partial charge on any atom is -0.378 e. The van der Waals surface area contributed by atoms with E-state index in [-0.39, 0.29) is 5.92 Å². The number of rotatable bonds is 5. The number of benzene rings is 1. The minimum atomic E-state index is -0.984. The van der Waals surface area contributed by atoms with Crippen LogP contribution in [0.3, 0.4) is 0 Å². The molecular formula is C22H25Cl2FN4OS. The first-order valence-electron chi connectivity index (χ1n) is 10.3. The summed E-state index contributed by atoms with van der Waals surface area (Å²) in [6, 6.07) is 4.11. The van der Waals surface area contributed by atoms with Crippen molar-refractivity contribution in [3.63, 3.8) is 0 Å². The van der Waals surface area contributed by atoms with E-state index in [1.807, 2.05) is 26.0 Å². The maximum absolute atomic E-state index is 15.2. The van der Waals surface area contributed by atoms with Crippen molar-refractivity contribution in [1.29, 1.82) is 0 Å². The number of aromatic nitrogens is 1. The minimum absolute atomic E-state index is 0.252. The topological polar surface area (TPSA) is 50.1 Å². The van der Waals surface area contributed by atoms with Crippen LogP contribution in [0.15, 0.2) is 22.1 Å². The number of ether oxygens (including phenoxy) is 1. The van der Waals surface area contributed by atoms with Crippen molar-refractivity contribution in [2.24, 2.45) is 9.98 Å². The van der Waals surface area contributed by atoms with Crippen molar-refractivity contribution in [2.75, 3.05) is 26.3 Å². The second-order valence-electron chi connectivity index (χ2n) is 8.13. The van der Waals surface area contributed by atoms with E-state index < -0.39 is 6.17 Å². The molecule has 5 nitrogen and oxygen atoms in total. The third kappa shape index (κ3) is 4.86. The summed E-state index contributed by atoms with van der Waals surface area (Å²) in [5.41, 5.74) is 3.23. The maximum Gasteiger partial charge on any atom is 0.133 e. The van der Waals surface area contributed by atoms with Gasteiger partial charge in [-0.15, -0.1) is 0 Å². The number of aliphatic imine (C=N–C) groups is 2. The predicted octanol–water partition coefficient (Wildman–Crippen LogP) is 5.57. The third-order valence-electron chi connectivity index (χ3n) is 6.03. The van der Waals surface area contributed by atoms with Crippen LogP contribution in [0.25, 0.3) is 0 Å². The summed E-state index contributed by atoms with van der Waals surface area (Å²) in [4.78, 5) is 11.9. The van der Waals surface area contributed by atoms with Gasteiger partial charge in [0, 0.05) is 23.9 Å². The molecule has 2 atom stereocenters. The van der Waals surface area contributed by atoms with E-state index >= 15 is 4.39 Å². The number of nitrogens with zero attached hydrogens (tertiary/aromatic N) is 4. The van der Waals surface area contributed by atoms with Crippen LogP contribution in [0, 0.1) is 13.8 Å². The fraction of sp³-hybridized carbons (Fsp3) is 0.500. The van der Waals surface area contributed by atoms with Crippen LogP contribution in [0.5, 0.6) is 0 Å². The molecule has 2 aliphatic heterocycles. The van der Waals surface area contributed by atoms with Gasteiger partial charge in [-0.05, 0) is 68.3 Å². The van der Waals surface area contributed by atoms with E-state index in [1.165, 1.54) is 11.5 Å². The van der Waals surface area contributed by atoms with Gasteiger partial charge in [-0.1, -0.05) is 23.2 Å². The van der Waals surface area contributed by atoms with Crippen molar-refractivity contribution in [3.8, 4) is 0 Å². The van der Waals surface area contributed by atoms with Gasteiger partial charge >= 0.3 is 0 Å². The first-order valence-corrected chi connectivity index (χ1v) is 11.8. The average molecular weight is 483 g/mol. The number of likely N-dealkylation sites (tertiary alicyclic amines) is 1. The maximum atomic E-state index is 15.2. The van der Waals surface area contributed by atoms with E-state index in [0.29, 0.717) is 54.5 Å². The first-order chi connectivity index (χ1) is 14.9. The molecule has 0 amide bonds. The fourth-order valence-electron chi connectivity index (χ4n) is 4.06. The number of aryl methyl sites for hydroxylation is 2. The lowest BCUT2D eigenvalue weighted by atomic mass is 9.86. The Morgan fingerprint density at radius 3 is 2.71 bits per heavy atom. The van der Waals surface area contributed by atoms with Crippen molar-refractivity contribution in [1.82, 2.24) is 9.27 Å². The summed E-state index contributed by atoms with van der Waals surface area (Å²) in [6.07, 6.45) is 0.174. The van der Waals surface area contributed by atoms with Crippen LogP contribution in [0.1, 0.15) is 34.0 Å². The third-order valence-corrected chi connectivity index (χ3v) is 7.91. The Balaban J connectivity index is 1.57. The van der Waals surface area contributed by atoms with Crippen LogP contribution in [0.2, 0.25) is 10.0 Å². The van der Waals surface area contributed by atoms with Crippen molar-refractivity contribution >= 4 is 53.0 Å². The summed E-state index contributed by atoms with van der Waals surface area (Å²) in [7, 11) is 0. The van der Waals surface area contributed by atoms with Gasteiger partial charge in [0.05, 0.1) is 40.5 Å². The highest BCUT2D eigenvalue weighted by molar-refractivity contribution is 7.06. The SMILES string of the molecule is C=NC(Cc1snc(C)c1Cl)=Nc1cc([C@@H]2CCN(C3COC3)C[C@H]2F)c(Cl)cc1C. The van der Waals surface area contributed by atoms with E-state index in [2.05, 4.69) is 21.0 Å². The second kappa shape index (κ2) is 9.63. The summed E-state index contributed by atoms with van der Waals surface area (Å²) >= 11 is 14.2. The fourth-order valence-corrected chi connectivity index (χ4v) is 5.44. The standard InChI is InChI=1S/C22H25Cl2FN4OS/c1-12-6-17(23)16(15-4-5-29(9-18(15)25)14-10-30-11-14)7-19(12)27-21(26-3)8-20-22(24)13(2)28-31-20/h6-7,14-15,18H,3-5,8-11H2,1-2H3/t15-,18+/m0/s1. The van der Waals surface area contributed by atoms with Crippen molar-refractivity contribution in [3.05, 3.63) is 43.9 Å². The van der Waals surface area contributed by atoms with Gasteiger partial charge in [-0.25, -0.2) is 14.4 Å². The quantitative estimate of drug-likeness (QED) is 0.413. The smallest absolute Gasteiger partial charge is 0.133 e. The summed E-state index contributed by atoms with van der Waals surface area (Å²) in [5.74, 6) is 0.288. The van der Waals surface area contributed by atoms with Crippen LogP contribution < -0.4 is 0 Å². The van der Waals surface area contributed by atoms with Crippen molar-refractivity contribution < 1.29 is 9.13 Å². The molecule has 0 spiro atoms. The molecule has 0 N–H and O–H groups in total. The van der Waals surface area contributed by atoms with E-state index in [9.17, 15) is 0 Å². The van der Waals surface area contributed by atoms with Crippen LogP contribution >= 0.6 is 34.7 Å². The summed E-state index contributed by atoms with van der Waals surface area (Å²) in [5, 5.41) is 1.22. The molecule has 3 heterocycles. The number of amidine groups is 1. The summed E-state index contributed by atoms with van der Waals surface area (Å²) < 4.78 is 24.7. The molecule has 9 heteroatoms. The number of hydrogen-bond acceptors (Lipinski definition) is 5. The molecule has 2 saturated heterocycles. The summed E-state index contributed by atoms with van der Waals surface area (Å²) in [6.45, 7) is 10.1. The molecule has 0 aliphatic carbocycles. The van der Waals surface area contributed by atoms with Gasteiger partial charge in [0.2, 0.25) is 0 Å². The molecule has 166 valence electrons. The molecular weight excluding hydrogens is 458 g/mol. The monoisotopic (exact) mass is 482 g/mol. The normalized spacial score (nSPS) is 23.1. The van der Waals surface area contributed by atoms with Gasteiger partial charge < -0.3 is 4.74 Å². The van der Waals surface area contributed by atoms with Crippen LogP contribution in [-0.4, -0.2) is 60.3 Å². The van der Waals surface area contributed by atoms with Gasteiger partial charge in [0.15, 0.2) is 0 Å². The Kier molecular flexibility index (Phi) is 7.08. The second-order valence-corrected chi connectivity index (χ2v) is 9.77. The van der Waals surface area contributed by atoms with E-state index in [4.69, 9.17) is 32.9 Å². The number of halogens is 3. The lowest BCUT2D eigenvalue weighted by Gasteiger charge is -2.43. The lowest BCUT2D eigenvalue weighted by molar-refractivity contribution is -0.0806. The predicted molar refractivity (Wildman–Crippen MR) is 127 cm³/mol. The first kappa shape index (κ1) is 22.8. The lowest BCUT2D eigenvalue weighted by Crippen LogP contribution is -2.54. The number of hydrogen-bond donors (Lipinski definition) is 0. The molecule has 2 aromatic rings. The number of piperidine rings is 1. The molecule has 1 aromatic carbocycles.